The maximum absolute atomic E-state index is 12.5. The summed E-state index contributed by atoms with van der Waals surface area (Å²) in [4.78, 5) is 14.2. The highest BCUT2D eigenvalue weighted by Crippen LogP contribution is 2.69. The molecule has 1 saturated heterocycles. The van der Waals surface area contributed by atoms with E-state index in [0.29, 0.717) is 61.1 Å². The third kappa shape index (κ3) is 4.65. The number of likely N-dealkylation sites (tertiary alicyclic amines) is 1. The first-order valence-corrected chi connectivity index (χ1v) is 15.5. The van der Waals surface area contributed by atoms with Gasteiger partial charge in [0.2, 0.25) is 0 Å². The van der Waals surface area contributed by atoms with Crippen molar-refractivity contribution in [2.24, 2.45) is 58.2 Å². The van der Waals surface area contributed by atoms with Crippen LogP contribution in [0.4, 0.5) is 4.79 Å². The molecule has 0 aromatic carbocycles. The first-order chi connectivity index (χ1) is 17.6. The van der Waals surface area contributed by atoms with Gasteiger partial charge in [-0.05, 0) is 110 Å². The van der Waals surface area contributed by atoms with Gasteiger partial charge < -0.3 is 25.0 Å². The molecule has 5 fully saturated rings. The summed E-state index contributed by atoms with van der Waals surface area (Å²) in [6, 6.07) is 0. The van der Waals surface area contributed by atoms with E-state index in [-0.39, 0.29) is 41.7 Å². The Balaban J connectivity index is 1.24. The van der Waals surface area contributed by atoms with Gasteiger partial charge in [0.15, 0.2) is 0 Å². The minimum atomic E-state index is -0.249. The Morgan fingerprint density at radius 3 is 2.46 bits per heavy atom. The first-order valence-electron chi connectivity index (χ1n) is 15.5. The molecule has 6 heteroatoms. The fourth-order valence-corrected chi connectivity index (χ4v) is 10.7. The van der Waals surface area contributed by atoms with Crippen molar-refractivity contribution in [3.8, 4) is 0 Å². The zero-order chi connectivity index (χ0) is 26.5. The Morgan fingerprint density at radius 2 is 1.76 bits per heavy atom. The Labute approximate surface area is 224 Å². The zero-order valence-corrected chi connectivity index (χ0v) is 23.8. The van der Waals surface area contributed by atoms with E-state index >= 15 is 0 Å². The van der Waals surface area contributed by atoms with Crippen LogP contribution in [0, 0.1) is 58.2 Å². The number of carbonyl (C=O) groups excluding carboxylic acids is 1. The van der Waals surface area contributed by atoms with Gasteiger partial charge in [-0.1, -0.05) is 34.1 Å². The molecule has 3 N–H and O–H groups in total. The van der Waals surface area contributed by atoms with Gasteiger partial charge >= 0.3 is 6.09 Å². The average Bonchev–Trinajstić information content (AvgIpc) is 3.50. The molecule has 0 spiro atoms. The summed E-state index contributed by atoms with van der Waals surface area (Å²) in [6.07, 6.45) is 9.83. The summed E-state index contributed by atoms with van der Waals surface area (Å²) in [6.45, 7) is 11.5. The number of nitrogens with zero attached hydrogens (tertiary/aromatic N) is 1. The van der Waals surface area contributed by atoms with Crippen LogP contribution in [0.25, 0.3) is 0 Å². The predicted molar refractivity (Wildman–Crippen MR) is 144 cm³/mol. The van der Waals surface area contributed by atoms with Crippen molar-refractivity contribution in [2.45, 2.75) is 104 Å². The third-order valence-corrected chi connectivity index (χ3v) is 12.8. The molecule has 6 nitrogen and oxygen atoms in total. The van der Waals surface area contributed by atoms with Crippen molar-refractivity contribution in [1.29, 1.82) is 0 Å². The van der Waals surface area contributed by atoms with E-state index in [1.807, 2.05) is 0 Å². The monoisotopic (exact) mass is 519 g/mol. The van der Waals surface area contributed by atoms with Crippen molar-refractivity contribution < 1.29 is 24.9 Å². The highest BCUT2D eigenvalue weighted by molar-refractivity contribution is 5.67. The lowest BCUT2D eigenvalue weighted by molar-refractivity contribution is -0.203. The minimum Gasteiger partial charge on any atom is -0.449 e. The van der Waals surface area contributed by atoms with Gasteiger partial charge in [-0.25, -0.2) is 4.79 Å². The van der Waals surface area contributed by atoms with Gasteiger partial charge in [0.1, 0.15) is 0 Å². The summed E-state index contributed by atoms with van der Waals surface area (Å²) < 4.78 is 5.68. The van der Waals surface area contributed by atoms with E-state index in [2.05, 4.69) is 27.7 Å². The lowest BCUT2D eigenvalue weighted by Crippen LogP contribution is -2.62. The van der Waals surface area contributed by atoms with Crippen molar-refractivity contribution >= 4 is 6.09 Å². The molecule has 2 unspecified atom stereocenters. The molecule has 0 radical (unpaired) electrons. The molecular weight excluding hydrogens is 466 g/mol. The zero-order valence-electron chi connectivity index (χ0n) is 23.8. The molecule has 5 aliphatic rings. The van der Waals surface area contributed by atoms with E-state index < -0.39 is 0 Å². The number of aliphatic hydroxyl groups is 3. The summed E-state index contributed by atoms with van der Waals surface area (Å²) in [5, 5.41) is 31.7. The number of rotatable bonds is 6. The fraction of sp³-hybridized carbons (Fsp3) is 0.968. The summed E-state index contributed by atoms with van der Waals surface area (Å²) in [5.41, 5.74) is 0.484. The van der Waals surface area contributed by atoms with Crippen LogP contribution in [-0.2, 0) is 4.74 Å². The van der Waals surface area contributed by atoms with Crippen molar-refractivity contribution in [1.82, 2.24) is 4.90 Å². The van der Waals surface area contributed by atoms with Gasteiger partial charge in [-0.2, -0.15) is 0 Å². The molecule has 212 valence electrons. The second-order valence-corrected chi connectivity index (χ2v) is 14.3. The molecular formula is C31H53NO5. The topological polar surface area (TPSA) is 90.2 Å². The smallest absolute Gasteiger partial charge is 0.409 e. The Kier molecular flexibility index (Phi) is 7.95. The Hall–Kier alpha value is -0.850. The molecule has 0 aromatic rings. The van der Waals surface area contributed by atoms with E-state index in [4.69, 9.17) is 4.74 Å². The number of hydrogen-bond donors (Lipinski definition) is 3. The van der Waals surface area contributed by atoms with Gasteiger partial charge in [0.05, 0.1) is 18.8 Å². The number of amides is 1. The second kappa shape index (κ2) is 10.6. The maximum Gasteiger partial charge on any atom is 0.409 e. The lowest BCUT2D eigenvalue weighted by atomic mass is 9.41. The van der Waals surface area contributed by atoms with Gasteiger partial charge in [-0.3, -0.25) is 0 Å². The molecule has 4 aliphatic carbocycles. The quantitative estimate of drug-likeness (QED) is 0.455. The average molecular weight is 520 g/mol. The molecule has 1 aliphatic heterocycles. The normalized spacial score (nSPS) is 48.2. The fourth-order valence-electron chi connectivity index (χ4n) is 10.7. The Morgan fingerprint density at radius 1 is 1.03 bits per heavy atom. The van der Waals surface area contributed by atoms with Gasteiger partial charge in [0.25, 0.3) is 0 Å². The second-order valence-electron chi connectivity index (χ2n) is 14.3. The van der Waals surface area contributed by atoms with E-state index in [9.17, 15) is 20.1 Å². The number of hydrogen-bond acceptors (Lipinski definition) is 5. The third-order valence-electron chi connectivity index (χ3n) is 12.8. The molecule has 1 heterocycles. The summed E-state index contributed by atoms with van der Waals surface area (Å²) in [5.74, 6) is 3.54. The lowest BCUT2D eigenvalue weighted by Gasteiger charge is -2.64. The number of carbonyl (C=O) groups is 1. The summed E-state index contributed by atoms with van der Waals surface area (Å²) in [7, 11) is 0. The van der Waals surface area contributed by atoms with E-state index in [1.54, 1.807) is 4.90 Å². The molecule has 1 amide bonds. The first kappa shape index (κ1) is 27.7. The minimum absolute atomic E-state index is 0.138. The van der Waals surface area contributed by atoms with Crippen LogP contribution in [0.5, 0.6) is 0 Å². The SMILES string of the molecule is CC[C@@H]1C2C[C@H](O)CC[C@]2(C)[C@H]2CC[C@]3(C)[C@@H]([C@H](C)CCOC(=O)N4CC[C@H](CO)C4)CC[C@H]3C2[C@@H]1O. The molecule has 12 atom stereocenters. The van der Waals surface area contributed by atoms with Gasteiger partial charge in [0, 0.05) is 25.6 Å². The van der Waals surface area contributed by atoms with Crippen LogP contribution in [0.3, 0.4) is 0 Å². The van der Waals surface area contributed by atoms with Crippen molar-refractivity contribution in [2.75, 3.05) is 26.3 Å². The number of fused-ring (bicyclic) bond motifs is 5. The maximum atomic E-state index is 12.5. The van der Waals surface area contributed by atoms with Crippen molar-refractivity contribution in [3.63, 3.8) is 0 Å². The largest absolute Gasteiger partial charge is 0.449 e. The van der Waals surface area contributed by atoms with E-state index in [1.165, 1.54) is 25.7 Å². The van der Waals surface area contributed by atoms with Crippen molar-refractivity contribution in [3.05, 3.63) is 0 Å². The molecule has 5 rings (SSSR count). The van der Waals surface area contributed by atoms with E-state index in [0.717, 1.165) is 38.5 Å². The van der Waals surface area contributed by atoms with Crippen LogP contribution in [0.1, 0.15) is 91.9 Å². The molecule has 4 saturated carbocycles. The Bertz CT molecular complexity index is 821. The molecule has 0 bridgehead atoms. The van der Waals surface area contributed by atoms with Crippen LogP contribution < -0.4 is 0 Å². The highest BCUT2D eigenvalue weighted by Gasteiger charge is 2.64. The van der Waals surface area contributed by atoms with Crippen LogP contribution in [0.2, 0.25) is 0 Å². The molecule has 0 aromatic heterocycles. The molecule has 37 heavy (non-hydrogen) atoms. The number of ether oxygens (including phenoxy) is 1. The number of aliphatic hydroxyl groups excluding tert-OH is 3. The predicted octanol–water partition coefficient (Wildman–Crippen LogP) is 5.09. The standard InChI is InChI=1S/C31H53NO5/c1-5-22-26-16-21(34)8-12-31(26,4)25-9-13-30(3)23(6-7-24(30)27(25)28(22)35)19(2)11-15-37-29(36)32-14-10-20(17-32)18-33/h19-28,33-35H,5-18H2,1-4H3/t19-,20+,21-,22-,23-,24+,25+,26?,27?,28-,30-,31-/m1/s1. The highest BCUT2D eigenvalue weighted by atomic mass is 16.6. The van der Waals surface area contributed by atoms with Crippen LogP contribution >= 0.6 is 0 Å². The van der Waals surface area contributed by atoms with Gasteiger partial charge in [-0.15, -0.1) is 0 Å². The van der Waals surface area contributed by atoms with Crippen LogP contribution in [0.15, 0.2) is 0 Å². The van der Waals surface area contributed by atoms with Crippen LogP contribution in [-0.4, -0.2) is 64.8 Å². The summed E-state index contributed by atoms with van der Waals surface area (Å²) >= 11 is 0.